The topological polar surface area (TPSA) is 75.7 Å². The van der Waals surface area contributed by atoms with Crippen LogP contribution in [0.2, 0.25) is 5.02 Å². The molecule has 0 saturated carbocycles. The number of hydrogen-bond donors (Lipinski definition) is 1. The first-order chi connectivity index (χ1) is 13.7. The molecule has 1 heterocycles. The number of fused-ring (bicyclic) bond motifs is 1. The van der Waals surface area contributed by atoms with Crippen molar-refractivity contribution < 1.29 is 17.9 Å². The maximum atomic E-state index is 12.8. The van der Waals surface area contributed by atoms with Gasteiger partial charge in [-0.15, -0.1) is 0 Å². The van der Waals surface area contributed by atoms with Gasteiger partial charge in [0.25, 0.3) is 5.91 Å². The molecular formula is C21H25ClN2O4S. The number of aryl methyl sites for hydroxylation is 1. The van der Waals surface area contributed by atoms with Crippen LogP contribution in [0.15, 0.2) is 48.5 Å². The molecule has 0 aromatic heterocycles. The third-order valence-corrected chi connectivity index (χ3v) is 6.26. The number of ether oxygens (including phenoxy) is 1. The minimum Gasteiger partial charge on any atom is -0.478 e. The molecule has 6 nitrogen and oxygen atoms in total. The summed E-state index contributed by atoms with van der Waals surface area (Å²) in [6.45, 7) is 2.09. The van der Waals surface area contributed by atoms with Crippen LogP contribution in [0, 0.1) is 0 Å². The van der Waals surface area contributed by atoms with Crippen molar-refractivity contribution in [1.82, 2.24) is 5.32 Å². The van der Waals surface area contributed by atoms with Crippen LogP contribution in [0.25, 0.3) is 0 Å². The molecule has 0 radical (unpaired) electrons. The van der Waals surface area contributed by atoms with E-state index in [0.29, 0.717) is 16.5 Å². The Morgan fingerprint density at radius 2 is 2.00 bits per heavy atom. The van der Waals surface area contributed by atoms with E-state index in [1.165, 1.54) is 9.87 Å². The highest BCUT2D eigenvalue weighted by molar-refractivity contribution is 7.92. The Balaban J connectivity index is 1.68. The van der Waals surface area contributed by atoms with Crippen LogP contribution in [0.1, 0.15) is 25.3 Å². The Labute approximate surface area is 176 Å². The molecule has 0 spiro atoms. The van der Waals surface area contributed by atoms with Crippen molar-refractivity contribution in [1.29, 1.82) is 0 Å². The molecule has 2 aromatic rings. The van der Waals surface area contributed by atoms with E-state index in [0.717, 1.165) is 19.1 Å². The number of rotatable bonds is 6. The number of nitrogens with one attached hydrogen (secondary N) is 1. The van der Waals surface area contributed by atoms with Gasteiger partial charge in [-0.05, 0) is 43.5 Å². The molecule has 0 unspecified atom stereocenters. The molecule has 1 aliphatic rings. The second-order valence-corrected chi connectivity index (χ2v) is 9.62. The number of carbonyl (C=O) groups is 1. The summed E-state index contributed by atoms with van der Waals surface area (Å²) in [5.41, 5.74) is 1.57. The summed E-state index contributed by atoms with van der Waals surface area (Å²) >= 11 is 6.04. The molecule has 1 N–H and O–H groups in total. The molecule has 2 aromatic carbocycles. The van der Waals surface area contributed by atoms with Gasteiger partial charge in [0.1, 0.15) is 5.75 Å². The molecule has 1 aliphatic heterocycles. The largest absolute Gasteiger partial charge is 0.478 e. The normalized spacial score (nSPS) is 17.6. The van der Waals surface area contributed by atoms with Crippen molar-refractivity contribution in [2.75, 3.05) is 17.1 Å². The lowest BCUT2D eigenvalue weighted by atomic mass is 10.1. The minimum absolute atomic E-state index is 0.0368. The summed E-state index contributed by atoms with van der Waals surface area (Å²) in [4.78, 5) is 12.8. The van der Waals surface area contributed by atoms with Crippen LogP contribution in [0.4, 0.5) is 5.69 Å². The first kappa shape index (κ1) is 21.5. The molecule has 2 atom stereocenters. The zero-order valence-corrected chi connectivity index (χ0v) is 18.0. The zero-order valence-electron chi connectivity index (χ0n) is 16.5. The van der Waals surface area contributed by atoms with Crippen LogP contribution in [0.3, 0.4) is 0 Å². The molecule has 8 heteroatoms. The molecule has 0 fully saturated rings. The van der Waals surface area contributed by atoms with E-state index >= 15 is 0 Å². The Bertz CT molecular complexity index is 966. The van der Waals surface area contributed by atoms with E-state index < -0.39 is 16.1 Å². The van der Waals surface area contributed by atoms with Crippen LogP contribution in [-0.4, -0.2) is 39.3 Å². The summed E-state index contributed by atoms with van der Waals surface area (Å²) < 4.78 is 31.6. The minimum atomic E-state index is -3.53. The average molecular weight is 437 g/mol. The van der Waals surface area contributed by atoms with E-state index in [2.05, 4.69) is 17.4 Å². The van der Waals surface area contributed by atoms with Crippen molar-refractivity contribution in [3.8, 4) is 5.75 Å². The summed E-state index contributed by atoms with van der Waals surface area (Å²) in [5, 5.41) is 3.39. The smallest absolute Gasteiger partial charge is 0.261 e. The van der Waals surface area contributed by atoms with Crippen LogP contribution >= 0.6 is 11.6 Å². The third-order valence-electron chi connectivity index (χ3n) is 4.84. The van der Waals surface area contributed by atoms with Crippen LogP contribution in [0.5, 0.6) is 5.75 Å². The summed E-state index contributed by atoms with van der Waals surface area (Å²) in [7, 11) is -3.53. The molecule has 3 rings (SSSR count). The summed E-state index contributed by atoms with van der Waals surface area (Å²) in [6.07, 6.45) is 2.25. The predicted octanol–water partition coefficient (Wildman–Crippen LogP) is 3.39. The second kappa shape index (κ2) is 9.05. The quantitative estimate of drug-likeness (QED) is 0.753. The monoisotopic (exact) mass is 436 g/mol. The third kappa shape index (κ3) is 5.64. The van der Waals surface area contributed by atoms with E-state index in [4.69, 9.17) is 16.3 Å². The molecule has 156 valence electrons. The molecule has 1 amide bonds. The standard InChI is InChI=1S/C21H25ClN2O4S/c1-15(8-9-16-6-4-3-5-7-16)23-21(25)20-12-13-24(29(2,26)27)18-14-17(22)10-11-19(18)28-20/h3-7,10-11,14-15,20H,8-9,12-13H2,1-2H3,(H,23,25)/t15-,20-/m0/s1. The summed E-state index contributed by atoms with van der Waals surface area (Å²) in [6, 6.07) is 14.8. The average Bonchev–Trinajstić information content (AvgIpc) is 2.86. The molecule has 0 bridgehead atoms. The van der Waals surface area contributed by atoms with Gasteiger partial charge in [-0.3, -0.25) is 9.10 Å². The number of sulfonamides is 1. The van der Waals surface area contributed by atoms with Gasteiger partial charge in [0.2, 0.25) is 10.0 Å². The highest BCUT2D eigenvalue weighted by Gasteiger charge is 2.31. The fraction of sp³-hybridized carbons (Fsp3) is 0.381. The predicted molar refractivity (Wildman–Crippen MR) is 115 cm³/mol. The van der Waals surface area contributed by atoms with Crippen molar-refractivity contribution in [2.24, 2.45) is 0 Å². The SMILES string of the molecule is C[C@@H](CCc1ccccc1)NC(=O)[C@@H]1CCN(S(C)(=O)=O)c2cc(Cl)ccc2O1. The highest BCUT2D eigenvalue weighted by Crippen LogP contribution is 2.36. The number of amides is 1. The first-order valence-electron chi connectivity index (χ1n) is 9.52. The van der Waals surface area contributed by atoms with Crippen molar-refractivity contribution in [3.63, 3.8) is 0 Å². The molecule has 0 saturated heterocycles. The summed E-state index contributed by atoms with van der Waals surface area (Å²) in [5.74, 6) is 0.0798. The maximum Gasteiger partial charge on any atom is 0.261 e. The molecule has 0 aliphatic carbocycles. The number of halogens is 1. The van der Waals surface area contributed by atoms with Gasteiger partial charge in [-0.1, -0.05) is 41.9 Å². The number of anilines is 1. The molecule has 29 heavy (non-hydrogen) atoms. The lowest BCUT2D eigenvalue weighted by Crippen LogP contribution is -2.43. The van der Waals surface area contributed by atoms with Gasteiger partial charge in [0, 0.05) is 24.0 Å². The van der Waals surface area contributed by atoms with E-state index in [1.54, 1.807) is 18.2 Å². The highest BCUT2D eigenvalue weighted by atomic mass is 35.5. The second-order valence-electron chi connectivity index (χ2n) is 7.28. The fourth-order valence-corrected chi connectivity index (χ4v) is 4.42. The van der Waals surface area contributed by atoms with Crippen molar-refractivity contribution >= 4 is 33.2 Å². The number of hydrogen-bond acceptors (Lipinski definition) is 4. The Morgan fingerprint density at radius 3 is 2.69 bits per heavy atom. The van der Waals surface area contributed by atoms with Gasteiger partial charge in [-0.25, -0.2) is 8.42 Å². The van der Waals surface area contributed by atoms with E-state index in [9.17, 15) is 13.2 Å². The van der Waals surface area contributed by atoms with Crippen LogP contribution < -0.4 is 14.4 Å². The molecular weight excluding hydrogens is 412 g/mol. The van der Waals surface area contributed by atoms with Gasteiger partial charge in [0.05, 0.1) is 11.9 Å². The lowest BCUT2D eigenvalue weighted by Gasteiger charge is -2.21. The Kier molecular flexibility index (Phi) is 6.70. The number of benzene rings is 2. The van der Waals surface area contributed by atoms with Gasteiger partial charge >= 0.3 is 0 Å². The fourth-order valence-electron chi connectivity index (χ4n) is 3.32. The maximum absolute atomic E-state index is 12.8. The Hall–Kier alpha value is -2.25. The van der Waals surface area contributed by atoms with E-state index in [1.807, 2.05) is 25.1 Å². The van der Waals surface area contributed by atoms with Crippen LogP contribution in [-0.2, 0) is 21.2 Å². The van der Waals surface area contributed by atoms with Gasteiger partial charge < -0.3 is 10.1 Å². The number of carbonyl (C=O) groups excluding carboxylic acids is 1. The Morgan fingerprint density at radius 1 is 1.28 bits per heavy atom. The van der Waals surface area contributed by atoms with Crippen molar-refractivity contribution in [3.05, 3.63) is 59.1 Å². The van der Waals surface area contributed by atoms with Crippen molar-refractivity contribution in [2.45, 2.75) is 38.3 Å². The van der Waals surface area contributed by atoms with Gasteiger partial charge in [0.15, 0.2) is 6.10 Å². The first-order valence-corrected chi connectivity index (χ1v) is 11.7. The zero-order chi connectivity index (χ0) is 21.0. The van der Waals surface area contributed by atoms with Gasteiger partial charge in [-0.2, -0.15) is 0 Å². The van der Waals surface area contributed by atoms with E-state index in [-0.39, 0.29) is 24.9 Å². The lowest BCUT2D eigenvalue weighted by molar-refractivity contribution is -0.128. The number of nitrogens with zero attached hydrogens (tertiary/aromatic N) is 1.